The number of anilines is 2. The van der Waals surface area contributed by atoms with E-state index in [1.54, 1.807) is 0 Å². The molecule has 0 spiro atoms. The van der Waals surface area contributed by atoms with Crippen molar-refractivity contribution in [1.29, 1.82) is 0 Å². The second kappa shape index (κ2) is 6.05. The van der Waals surface area contributed by atoms with Gasteiger partial charge in [-0.15, -0.1) is 6.58 Å². The molecule has 0 amide bonds. The van der Waals surface area contributed by atoms with E-state index in [2.05, 4.69) is 18.8 Å². The Labute approximate surface area is 97.3 Å². The molecule has 0 saturated carbocycles. The Bertz CT molecular complexity index is 350. The van der Waals surface area contributed by atoms with E-state index in [0.717, 1.165) is 17.9 Å². The highest BCUT2D eigenvalue weighted by molar-refractivity contribution is 5.73. The highest BCUT2D eigenvalue weighted by Gasteiger charge is 2.07. The summed E-state index contributed by atoms with van der Waals surface area (Å²) in [6, 6.07) is 6.08. The third kappa shape index (κ3) is 3.19. The molecule has 0 aliphatic heterocycles. The first-order chi connectivity index (χ1) is 7.69. The van der Waals surface area contributed by atoms with E-state index in [1.165, 1.54) is 0 Å². The molecule has 1 atom stereocenters. The van der Waals surface area contributed by atoms with E-state index < -0.39 is 0 Å². The number of hydrogen-bond donors (Lipinski definition) is 2. The number of nitrogens with two attached hydrogens (primary N) is 1. The second-order valence-corrected chi connectivity index (χ2v) is 3.72. The van der Waals surface area contributed by atoms with Crippen LogP contribution in [-0.4, -0.2) is 12.6 Å². The zero-order valence-electron chi connectivity index (χ0n) is 9.99. The number of nitrogens with one attached hydrogen (secondary N) is 1. The molecule has 3 heteroatoms. The van der Waals surface area contributed by atoms with Crippen molar-refractivity contribution in [3.63, 3.8) is 0 Å². The lowest BCUT2D eigenvalue weighted by Crippen LogP contribution is -2.15. The summed E-state index contributed by atoms with van der Waals surface area (Å²) in [6.07, 6.45) is 2.79. The van der Waals surface area contributed by atoms with E-state index in [4.69, 9.17) is 10.5 Å². The van der Waals surface area contributed by atoms with Gasteiger partial charge in [0.05, 0.1) is 18.0 Å². The Kier molecular flexibility index (Phi) is 4.70. The molecule has 88 valence electrons. The van der Waals surface area contributed by atoms with Crippen LogP contribution in [0.25, 0.3) is 0 Å². The Balaban J connectivity index is 2.79. The number of hydrogen-bond acceptors (Lipinski definition) is 3. The molecule has 1 rings (SSSR count). The van der Waals surface area contributed by atoms with Gasteiger partial charge in [0.25, 0.3) is 0 Å². The minimum absolute atomic E-state index is 0.316. The Morgan fingerprint density at radius 3 is 2.94 bits per heavy atom. The van der Waals surface area contributed by atoms with Crippen molar-refractivity contribution in [2.24, 2.45) is 0 Å². The molecule has 0 aromatic heterocycles. The Morgan fingerprint density at radius 2 is 2.31 bits per heavy atom. The fraction of sp³-hybridized carbons (Fsp3) is 0.385. The largest absolute Gasteiger partial charge is 0.492 e. The normalized spacial score (nSPS) is 11.9. The van der Waals surface area contributed by atoms with Crippen LogP contribution in [0.15, 0.2) is 30.9 Å². The molecule has 0 saturated heterocycles. The summed E-state index contributed by atoms with van der Waals surface area (Å²) in [5, 5.41) is 3.33. The van der Waals surface area contributed by atoms with Crippen molar-refractivity contribution in [3.8, 4) is 5.75 Å². The first-order valence-electron chi connectivity index (χ1n) is 5.57. The predicted molar refractivity (Wildman–Crippen MR) is 69.9 cm³/mol. The van der Waals surface area contributed by atoms with Crippen LogP contribution < -0.4 is 15.8 Å². The van der Waals surface area contributed by atoms with Crippen LogP contribution in [0.4, 0.5) is 11.4 Å². The van der Waals surface area contributed by atoms with Crippen LogP contribution in [0.2, 0.25) is 0 Å². The molecular weight excluding hydrogens is 200 g/mol. The third-order valence-corrected chi connectivity index (χ3v) is 2.29. The summed E-state index contributed by atoms with van der Waals surface area (Å²) >= 11 is 0. The molecule has 0 bridgehead atoms. The highest BCUT2D eigenvalue weighted by Crippen LogP contribution is 2.29. The van der Waals surface area contributed by atoms with E-state index in [-0.39, 0.29) is 0 Å². The van der Waals surface area contributed by atoms with E-state index >= 15 is 0 Å². The maximum absolute atomic E-state index is 6.00. The van der Waals surface area contributed by atoms with Crippen molar-refractivity contribution >= 4 is 11.4 Å². The maximum atomic E-state index is 6.00. The van der Waals surface area contributed by atoms with Gasteiger partial charge in [0.15, 0.2) is 0 Å². The topological polar surface area (TPSA) is 47.3 Å². The van der Waals surface area contributed by atoms with Crippen molar-refractivity contribution < 1.29 is 4.74 Å². The van der Waals surface area contributed by atoms with Gasteiger partial charge in [0, 0.05) is 6.04 Å². The summed E-state index contributed by atoms with van der Waals surface area (Å²) in [5.41, 5.74) is 7.58. The Hall–Kier alpha value is -1.64. The van der Waals surface area contributed by atoms with Gasteiger partial charge in [-0.1, -0.05) is 12.1 Å². The van der Waals surface area contributed by atoms with Gasteiger partial charge in [-0.2, -0.15) is 0 Å². The summed E-state index contributed by atoms with van der Waals surface area (Å²) in [4.78, 5) is 0. The SMILES string of the molecule is C=CCC(C)Nc1cccc(OCC)c1N. The summed E-state index contributed by atoms with van der Waals surface area (Å²) in [7, 11) is 0. The molecule has 16 heavy (non-hydrogen) atoms. The minimum atomic E-state index is 0.316. The van der Waals surface area contributed by atoms with Crippen molar-refractivity contribution in [2.45, 2.75) is 26.3 Å². The third-order valence-electron chi connectivity index (χ3n) is 2.29. The smallest absolute Gasteiger partial charge is 0.144 e. The maximum Gasteiger partial charge on any atom is 0.144 e. The molecule has 3 nitrogen and oxygen atoms in total. The number of benzene rings is 1. The van der Waals surface area contributed by atoms with E-state index in [0.29, 0.717) is 18.3 Å². The van der Waals surface area contributed by atoms with Gasteiger partial charge in [-0.3, -0.25) is 0 Å². The van der Waals surface area contributed by atoms with Crippen molar-refractivity contribution in [2.75, 3.05) is 17.7 Å². The molecule has 0 aliphatic carbocycles. The number of nitrogen functional groups attached to an aromatic ring is 1. The molecular formula is C13H20N2O. The molecule has 1 aromatic carbocycles. The quantitative estimate of drug-likeness (QED) is 0.572. The van der Waals surface area contributed by atoms with E-state index in [1.807, 2.05) is 31.2 Å². The molecule has 0 radical (unpaired) electrons. The van der Waals surface area contributed by atoms with Crippen LogP contribution in [0.5, 0.6) is 5.75 Å². The molecule has 0 aliphatic rings. The second-order valence-electron chi connectivity index (χ2n) is 3.72. The summed E-state index contributed by atoms with van der Waals surface area (Å²) < 4.78 is 5.43. The van der Waals surface area contributed by atoms with Crippen LogP contribution in [0, 0.1) is 0 Å². The lowest BCUT2D eigenvalue weighted by molar-refractivity contribution is 0.342. The van der Waals surface area contributed by atoms with Crippen LogP contribution >= 0.6 is 0 Å². The minimum Gasteiger partial charge on any atom is -0.492 e. The zero-order valence-corrected chi connectivity index (χ0v) is 9.99. The summed E-state index contributed by atoms with van der Waals surface area (Å²) in [6.45, 7) is 8.37. The number of rotatable bonds is 6. The van der Waals surface area contributed by atoms with Crippen LogP contribution in [0.3, 0.4) is 0 Å². The lowest BCUT2D eigenvalue weighted by Gasteiger charge is -2.17. The fourth-order valence-electron chi connectivity index (χ4n) is 1.53. The van der Waals surface area contributed by atoms with Gasteiger partial charge < -0.3 is 15.8 Å². The van der Waals surface area contributed by atoms with Gasteiger partial charge in [-0.25, -0.2) is 0 Å². The Morgan fingerprint density at radius 1 is 1.56 bits per heavy atom. The lowest BCUT2D eigenvalue weighted by atomic mass is 10.2. The molecule has 1 aromatic rings. The molecule has 3 N–H and O–H groups in total. The van der Waals surface area contributed by atoms with Gasteiger partial charge in [0.1, 0.15) is 5.75 Å². The van der Waals surface area contributed by atoms with Crippen LogP contribution in [0.1, 0.15) is 20.3 Å². The first kappa shape index (κ1) is 12.4. The molecule has 0 fully saturated rings. The van der Waals surface area contributed by atoms with E-state index in [9.17, 15) is 0 Å². The monoisotopic (exact) mass is 220 g/mol. The van der Waals surface area contributed by atoms with Crippen molar-refractivity contribution in [1.82, 2.24) is 0 Å². The van der Waals surface area contributed by atoms with Gasteiger partial charge in [0.2, 0.25) is 0 Å². The number of ether oxygens (including phenoxy) is 1. The molecule has 1 unspecified atom stereocenters. The average Bonchev–Trinajstić information content (AvgIpc) is 2.24. The fourth-order valence-corrected chi connectivity index (χ4v) is 1.53. The van der Waals surface area contributed by atoms with Crippen molar-refractivity contribution in [3.05, 3.63) is 30.9 Å². The average molecular weight is 220 g/mol. The molecule has 0 heterocycles. The van der Waals surface area contributed by atoms with Crippen LogP contribution in [-0.2, 0) is 0 Å². The van der Waals surface area contributed by atoms with Gasteiger partial charge >= 0.3 is 0 Å². The summed E-state index contributed by atoms with van der Waals surface area (Å²) in [5.74, 6) is 0.735. The zero-order chi connectivity index (χ0) is 12.0. The van der Waals surface area contributed by atoms with Gasteiger partial charge in [-0.05, 0) is 32.4 Å². The number of para-hydroxylation sites is 1. The highest BCUT2D eigenvalue weighted by atomic mass is 16.5. The predicted octanol–water partition coefficient (Wildman–Crippen LogP) is 3.04. The standard InChI is InChI=1S/C13H20N2O/c1-4-7-10(3)15-11-8-6-9-12(13(11)14)16-5-2/h4,6,8-10,15H,1,5,7,14H2,2-3H3. The first-order valence-corrected chi connectivity index (χ1v) is 5.57.